The van der Waals surface area contributed by atoms with Crippen LogP contribution in [0.5, 0.6) is 0 Å². The molecule has 0 saturated carbocycles. The first-order valence-electron chi connectivity index (χ1n) is 44.8. The summed E-state index contributed by atoms with van der Waals surface area (Å²) in [5.74, 6) is 4.00. The first kappa shape index (κ1) is 93.4. The second-order valence-electron chi connectivity index (χ2n) is 33.3. The lowest BCUT2D eigenvalue weighted by Gasteiger charge is -2.33. The average Bonchev–Trinajstić information content (AvgIpc) is 1.01. The zero-order valence-corrected chi connectivity index (χ0v) is 76.7. The number of fused-ring (bicyclic) bond motifs is 4. The molecule has 3 aromatic carbocycles. The Morgan fingerprint density at radius 1 is 0.403 bits per heavy atom. The van der Waals surface area contributed by atoms with E-state index in [2.05, 4.69) is 116 Å². The van der Waals surface area contributed by atoms with Gasteiger partial charge in [-0.3, -0.25) is 25.0 Å². The monoisotopic (exact) mass is 1910 g/mol. The SMILES string of the molecule is Cc1c(-c2cc(N3CCNCC3)ncn2)cnc2c1N(Cc1c(F)ccc(F)c1Cl)CCC2.Cc1c(-c2cc(N3CCNCC3)ncn2)cnc2c1N(Cc1c(F)ccc(F)c1Cl)CCCC2.Clc1ncccc1CN1CCCCc2ncc(Nc3cc(-c4cn[nH]c4)ncn3)nc21.FC(F)(F)c1ccc(Cl)c(CN2CCCCc3ncc(Nc4nccc(N5CCNCC5)n4)nc32)c1. The number of rotatable bonds is 18. The van der Waals surface area contributed by atoms with Crippen LogP contribution in [-0.4, -0.2) is 190 Å². The Morgan fingerprint density at radius 2 is 0.888 bits per heavy atom. The van der Waals surface area contributed by atoms with Gasteiger partial charge in [0, 0.05) is 218 Å². The van der Waals surface area contributed by atoms with Crippen LogP contribution < -0.4 is 60.9 Å². The molecule has 7 aliphatic heterocycles. The highest BCUT2D eigenvalue weighted by molar-refractivity contribution is 6.32. The van der Waals surface area contributed by atoms with E-state index in [9.17, 15) is 30.7 Å². The number of anilines is 11. The number of pyridine rings is 3. The van der Waals surface area contributed by atoms with Crippen LogP contribution in [0.3, 0.4) is 0 Å². The summed E-state index contributed by atoms with van der Waals surface area (Å²) in [4.78, 5) is 83.2. The Kier molecular flexibility index (Phi) is 30.1. The van der Waals surface area contributed by atoms with E-state index in [1.165, 1.54) is 12.4 Å². The van der Waals surface area contributed by atoms with Crippen molar-refractivity contribution in [2.24, 2.45) is 0 Å². The molecule has 6 N–H and O–H groups in total. The van der Waals surface area contributed by atoms with Crippen LogP contribution in [0.1, 0.15) is 107 Å². The predicted molar refractivity (Wildman–Crippen MR) is 507 cm³/mol. The molecule has 13 aromatic rings. The number of nitrogens with zero attached hydrogens (tertiary/aromatic N) is 23. The number of piperazine rings is 3. The predicted octanol–water partition coefficient (Wildman–Crippen LogP) is 16.9. The van der Waals surface area contributed by atoms with Crippen molar-refractivity contribution in [3.63, 3.8) is 0 Å². The minimum absolute atomic E-state index is 0.163. The lowest BCUT2D eigenvalue weighted by molar-refractivity contribution is -0.137. The maximum atomic E-state index is 14.6. The largest absolute Gasteiger partial charge is 0.416 e. The fourth-order valence-corrected chi connectivity index (χ4v) is 18.3. The van der Waals surface area contributed by atoms with E-state index in [0.29, 0.717) is 66.1 Å². The second kappa shape index (κ2) is 43.3. The summed E-state index contributed by atoms with van der Waals surface area (Å²) in [6.45, 7) is 19.0. The van der Waals surface area contributed by atoms with E-state index in [1.54, 1.807) is 49.8 Å². The summed E-state index contributed by atoms with van der Waals surface area (Å²) in [5, 5.41) is 23.7. The molecule has 40 heteroatoms. The Bertz CT molecular complexity index is 6270. The molecule has 0 unspecified atom stereocenters. The van der Waals surface area contributed by atoms with Crippen LogP contribution in [0.15, 0.2) is 147 Å². The highest BCUT2D eigenvalue weighted by Crippen LogP contribution is 2.42. The highest BCUT2D eigenvalue weighted by atomic mass is 35.5. The first-order valence-corrected chi connectivity index (χ1v) is 46.3. The molecule has 10 aromatic heterocycles. The quantitative estimate of drug-likeness (QED) is 0.0264. The number of aryl methyl sites for hydroxylation is 4. The van der Waals surface area contributed by atoms with Crippen molar-refractivity contribution < 1.29 is 30.7 Å². The van der Waals surface area contributed by atoms with Gasteiger partial charge in [0.15, 0.2) is 23.3 Å². The highest BCUT2D eigenvalue weighted by Gasteiger charge is 2.34. The van der Waals surface area contributed by atoms with E-state index >= 15 is 0 Å². The fraction of sp³-hybridized carbons (Fsp3) is 0.362. The Hall–Kier alpha value is -12.5. The van der Waals surface area contributed by atoms with Crippen LogP contribution >= 0.6 is 46.4 Å². The van der Waals surface area contributed by atoms with E-state index < -0.39 is 35.0 Å². The van der Waals surface area contributed by atoms with Gasteiger partial charge in [-0.25, -0.2) is 67.4 Å². The molecule has 7 aliphatic rings. The zero-order chi connectivity index (χ0) is 92.8. The Balaban J connectivity index is 0.000000125. The van der Waals surface area contributed by atoms with Crippen LogP contribution in [0.25, 0.3) is 33.8 Å². The molecule has 696 valence electrons. The van der Waals surface area contributed by atoms with Gasteiger partial charge in [0.2, 0.25) is 5.95 Å². The number of hydrogen-bond acceptors (Lipinski definition) is 28. The molecule has 0 atom stereocenters. The molecule has 0 radical (unpaired) electrons. The van der Waals surface area contributed by atoms with E-state index in [1.807, 2.05) is 72.4 Å². The maximum Gasteiger partial charge on any atom is 0.416 e. The minimum Gasteiger partial charge on any atom is -0.365 e. The Labute approximate surface area is 790 Å². The van der Waals surface area contributed by atoms with Crippen molar-refractivity contribution in [2.75, 3.05) is 150 Å². The smallest absolute Gasteiger partial charge is 0.365 e. The zero-order valence-electron chi connectivity index (χ0n) is 73.7. The van der Waals surface area contributed by atoms with Crippen LogP contribution in [0.4, 0.5) is 94.6 Å². The van der Waals surface area contributed by atoms with Gasteiger partial charge in [0.1, 0.15) is 70.7 Å². The minimum atomic E-state index is -4.44. The molecule has 0 spiro atoms. The Morgan fingerprint density at radius 3 is 1.43 bits per heavy atom. The maximum absolute atomic E-state index is 14.6. The van der Waals surface area contributed by atoms with Gasteiger partial charge in [-0.2, -0.15) is 23.3 Å². The first-order chi connectivity index (χ1) is 65.2. The number of alkyl halides is 3. The molecule has 20 rings (SSSR count). The van der Waals surface area contributed by atoms with Gasteiger partial charge < -0.3 is 60.9 Å². The van der Waals surface area contributed by atoms with Gasteiger partial charge in [-0.1, -0.05) is 52.5 Å². The van der Waals surface area contributed by atoms with Crippen molar-refractivity contribution in [2.45, 2.75) is 117 Å². The molecular formula is C94H98Cl4F7N29. The molecule has 0 aliphatic carbocycles. The molecule has 0 bridgehead atoms. The van der Waals surface area contributed by atoms with Gasteiger partial charge in [-0.15, -0.1) is 0 Å². The number of H-pyrrole nitrogens is 1. The normalized spacial score (nSPS) is 15.7. The fourth-order valence-electron chi connectivity index (χ4n) is 17.5. The van der Waals surface area contributed by atoms with Gasteiger partial charge in [0.25, 0.3) is 0 Å². The third-order valence-corrected chi connectivity index (χ3v) is 26.0. The van der Waals surface area contributed by atoms with Crippen LogP contribution in [0, 0.1) is 37.1 Å². The van der Waals surface area contributed by atoms with Crippen LogP contribution in [0.2, 0.25) is 20.2 Å². The van der Waals surface area contributed by atoms with Crippen molar-refractivity contribution in [3.05, 3.63) is 253 Å². The summed E-state index contributed by atoms with van der Waals surface area (Å²) in [7, 11) is 0. The van der Waals surface area contributed by atoms with E-state index in [0.717, 1.165) is 300 Å². The summed E-state index contributed by atoms with van der Waals surface area (Å²) < 4.78 is 97.1. The third-order valence-electron chi connectivity index (χ3n) is 24.5. The number of benzene rings is 3. The number of nitrogens with one attached hydrogen (secondary N) is 6. The number of aromatic nitrogens is 17. The van der Waals surface area contributed by atoms with Crippen molar-refractivity contribution >= 4 is 110 Å². The van der Waals surface area contributed by atoms with E-state index in [-0.39, 0.29) is 45.8 Å². The average molecular weight is 1910 g/mol. The lowest BCUT2D eigenvalue weighted by atomic mass is 9.98. The molecule has 3 saturated heterocycles. The molecule has 17 heterocycles. The topological polar surface area (TPSA) is 305 Å². The second-order valence-corrected chi connectivity index (χ2v) is 34.8. The van der Waals surface area contributed by atoms with Gasteiger partial charge in [0.05, 0.1) is 85.4 Å². The van der Waals surface area contributed by atoms with Gasteiger partial charge >= 0.3 is 6.18 Å². The van der Waals surface area contributed by atoms with Gasteiger partial charge in [-0.05, 0) is 156 Å². The number of halogens is 11. The lowest BCUT2D eigenvalue weighted by Crippen LogP contribution is -2.43. The standard InChI is InChI=1S/C25H27ClF2N6.C24H26ClF3N8.C24H25ClF2N6.C21H20ClN9/c1-16-17(22-12-23(32-15-31-22)33-10-7-29-8-11-33)13-30-21-4-2-3-9-34(25(16)21)14-18-19(27)5-6-20(28)24(18)26;25-18-5-4-17(24(26,27)28)13-16(18)15-36-10-2-1-3-19-22(36)32-20(14-31-19)33-23-30-7-6-21(34-23)35-11-8-29-9-12-35;1-15-16(21-11-22(31-14-30-21)32-9-6-28-7-10-32)12-29-20-3-2-8-33(24(15)20)13-17-18(26)4-5-19(27)23(17)25;22-20-14(4-3-6-23-20)12-31-7-2-1-5-16-21(31)30-19(11-24-16)29-18-8-17(25-13-26-18)15-9-27-28-10-15/h5-6,12-13,15,29H,2-4,7-11,14H2,1H3;4-7,13-14,29H,1-3,8-12,15H2,(H,30,32,33,34);4-5,11-12,14,28H,2-3,6-10,13H2,1H3;3-4,6,8-11,13H,1-2,5,7,12H2,(H,27,28)(H,25,26,29,30). The van der Waals surface area contributed by atoms with Crippen molar-refractivity contribution in [1.82, 2.24) is 101 Å². The molecular weight excluding hydrogens is 1810 g/mol. The summed E-state index contributed by atoms with van der Waals surface area (Å²) >= 11 is 24.9. The number of hydrogen-bond donors (Lipinski definition) is 6. The number of aromatic amines is 1. The summed E-state index contributed by atoms with van der Waals surface area (Å²) in [5.41, 5.74) is 13.7. The molecule has 3 fully saturated rings. The summed E-state index contributed by atoms with van der Waals surface area (Å²) in [6.07, 6.45) is 24.3. The van der Waals surface area contributed by atoms with Crippen molar-refractivity contribution in [3.8, 4) is 33.8 Å². The van der Waals surface area contributed by atoms with Crippen LogP contribution in [-0.2, 0) is 58.0 Å². The molecule has 0 amide bonds. The van der Waals surface area contributed by atoms with Crippen molar-refractivity contribution in [1.29, 1.82) is 0 Å². The molecule has 134 heavy (non-hydrogen) atoms. The molecule has 29 nitrogen and oxygen atoms in total. The van der Waals surface area contributed by atoms with E-state index in [4.69, 9.17) is 66.3 Å². The third kappa shape index (κ3) is 22.5. The summed E-state index contributed by atoms with van der Waals surface area (Å²) in [6, 6.07) is 19.4.